The van der Waals surface area contributed by atoms with Crippen LogP contribution in [-0.4, -0.2) is 13.2 Å². The maximum atomic E-state index is 6.87. The van der Waals surface area contributed by atoms with Crippen molar-refractivity contribution in [2.75, 3.05) is 13.2 Å². The van der Waals surface area contributed by atoms with Crippen LogP contribution in [-0.2, 0) is 0 Å². The van der Waals surface area contributed by atoms with Gasteiger partial charge in [-0.3, -0.25) is 0 Å². The third kappa shape index (κ3) is 1.47. The van der Waals surface area contributed by atoms with Crippen LogP contribution < -0.4 is 9.47 Å². The Morgan fingerprint density at radius 2 is 2.08 bits per heavy atom. The van der Waals surface area contributed by atoms with E-state index in [1.807, 2.05) is 0 Å². The smallest absolute Gasteiger partial charge is 0.192 e. The van der Waals surface area contributed by atoms with Crippen molar-refractivity contribution >= 4 is 21.6 Å². The first kappa shape index (κ1) is 8.39. The zero-order valence-corrected chi connectivity index (χ0v) is 8.30. The molecule has 0 aromatic heterocycles. The molecular formula is C9H6BrNO2. The number of ether oxygens (including phenoxy) is 2. The molecule has 0 amide bonds. The molecule has 1 aliphatic heterocycles. The molecule has 3 nitrogen and oxygen atoms in total. The van der Waals surface area contributed by atoms with Crippen LogP contribution in [0, 0.1) is 6.57 Å². The third-order valence-corrected chi connectivity index (χ3v) is 2.30. The molecule has 0 bridgehead atoms. The normalized spacial score (nSPS) is 13.5. The molecule has 1 aromatic rings. The molecule has 66 valence electrons. The molecule has 0 radical (unpaired) electrons. The van der Waals surface area contributed by atoms with E-state index in [4.69, 9.17) is 16.0 Å². The number of fused-ring (bicyclic) bond motifs is 1. The first-order valence-corrected chi connectivity index (χ1v) is 4.57. The van der Waals surface area contributed by atoms with Gasteiger partial charge in [0.25, 0.3) is 0 Å². The van der Waals surface area contributed by atoms with Gasteiger partial charge in [-0.25, -0.2) is 4.85 Å². The minimum absolute atomic E-state index is 0.543. The summed E-state index contributed by atoms with van der Waals surface area (Å²) in [5, 5.41) is 0. The molecule has 0 aliphatic carbocycles. The van der Waals surface area contributed by atoms with Gasteiger partial charge in [0, 0.05) is 0 Å². The molecule has 4 heteroatoms. The predicted molar refractivity (Wildman–Crippen MR) is 51.4 cm³/mol. The number of hydrogen-bond acceptors (Lipinski definition) is 2. The summed E-state index contributed by atoms with van der Waals surface area (Å²) < 4.78 is 11.5. The van der Waals surface area contributed by atoms with Crippen LogP contribution in [0.5, 0.6) is 11.5 Å². The summed E-state index contributed by atoms with van der Waals surface area (Å²) in [4.78, 5) is 3.32. The van der Waals surface area contributed by atoms with Crippen molar-refractivity contribution in [1.82, 2.24) is 0 Å². The number of rotatable bonds is 0. The van der Waals surface area contributed by atoms with Gasteiger partial charge in [0.05, 0.1) is 11.0 Å². The lowest BCUT2D eigenvalue weighted by atomic mass is 10.2. The summed E-state index contributed by atoms with van der Waals surface area (Å²) in [5.74, 6) is 1.34. The van der Waals surface area contributed by atoms with Gasteiger partial charge in [0.2, 0.25) is 0 Å². The Balaban J connectivity index is 2.54. The molecular weight excluding hydrogens is 234 g/mol. The molecule has 0 N–H and O–H groups in total. The maximum Gasteiger partial charge on any atom is 0.192 e. The van der Waals surface area contributed by atoms with E-state index in [1.165, 1.54) is 0 Å². The van der Waals surface area contributed by atoms with Crippen LogP contribution >= 0.6 is 15.9 Å². The van der Waals surface area contributed by atoms with Gasteiger partial charge in [-0.2, -0.15) is 0 Å². The third-order valence-electron chi connectivity index (χ3n) is 1.71. The maximum absolute atomic E-state index is 6.87. The lowest BCUT2D eigenvalue weighted by Crippen LogP contribution is -2.15. The van der Waals surface area contributed by atoms with Gasteiger partial charge >= 0.3 is 0 Å². The summed E-state index contributed by atoms with van der Waals surface area (Å²) in [6.45, 7) is 7.97. The molecule has 0 saturated carbocycles. The van der Waals surface area contributed by atoms with Gasteiger partial charge in [-0.05, 0) is 28.1 Å². The fourth-order valence-corrected chi connectivity index (χ4v) is 1.71. The van der Waals surface area contributed by atoms with Crippen LogP contribution in [0.25, 0.3) is 4.85 Å². The van der Waals surface area contributed by atoms with Crippen molar-refractivity contribution in [3.63, 3.8) is 0 Å². The van der Waals surface area contributed by atoms with E-state index < -0.39 is 0 Å². The highest BCUT2D eigenvalue weighted by Gasteiger charge is 2.15. The number of halogens is 1. The Labute approximate surface area is 84.2 Å². The van der Waals surface area contributed by atoms with E-state index in [-0.39, 0.29) is 0 Å². The largest absolute Gasteiger partial charge is 0.487 e. The van der Waals surface area contributed by atoms with Crippen molar-refractivity contribution in [3.8, 4) is 11.5 Å². The lowest BCUT2D eigenvalue weighted by Gasteiger charge is -2.19. The van der Waals surface area contributed by atoms with Crippen LogP contribution in [0.15, 0.2) is 16.6 Å². The molecule has 0 spiro atoms. The monoisotopic (exact) mass is 239 g/mol. The van der Waals surface area contributed by atoms with Crippen LogP contribution in [0.4, 0.5) is 5.69 Å². The second-order valence-electron chi connectivity index (χ2n) is 2.56. The second-order valence-corrected chi connectivity index (χ2v) is 3.42. The molecule has 0 fully saturated rings. The van der Waals surface area contributed by atoms with E-state index in [0.717, 1.165) is 4.47 Å². The zero-order valence-electron chi connectivity index (χ0n) is 6.71. The van der Waals surface area contributed by atoms with Gasteiger partial charge in [-0.1, -0.05) is 0 Å². The molecule has 2 rings (SSSR count). The van der Waals surface area contributed by atoms with Gasteiger partial charge in [-0.15, -0.1) is 0 Å². The summed E-state index contributed by atoms with van der Waals surface area (Å²) >= 11 is 3.33. The predicted octanol–water partition coefficient (Wildman–Crippen LogP) is 2.77. The summed E-state index contributed by atoms with van der Waals surface area (Å²) in [6, 6.07) is 3.41. The molecule has 13 heavy (non-hydrogen) atoms. The average Bonchev–Trinajstić information content (AvgIpc) is 2.18. The minimum Gasteiger partial charge on any atom is -0.487 e. The van der Waals surface area contributed by atoms with E-state index in [1.54, 1.807) is 12.1 Å². The van der Waals surface area contributed by atoms with Crippen molar-refractivity contribution in [2.24, 2.45) is 0 Å². The summed E-state index contributed by atoms with van der Waals surface area (Å²) in [7, 11) is 0. The highest BCUT2D eigenvalue weighted by atomic mass is 79.9. The van der Waals surface area contributed by atoms with Gasteiger partial charge in [0.1, 0.15) is 13.2 Å². The highest BCUT2D eigenvalue weighted by Crippen LogP contribution is 2.40. The van der Waals surface area contributed by atoms with E-state index in [2.05, 4.69) is 20.8 Å². The first-order valence-electron chi connectivity index (χ1n) is 3.78. The molecule has 0 saturated heterocycles. The van der Waals surface area contributed by atoms with E-state index in [0.29, 0.717) is 30.4 Å². The fourth-order valence-electron chi connectivity index (χ4n) is 1.16. The Hall–Kier alpha value is -1.21. The molecule has 1 aromatic carbocycles. The molecule has 1 aliphatic rings. The highest BCUT2D eigenvalue weighted by molar-refractivity contribution is 9.10. The summed E-state index contributed by atoms with van der Waals surface area (Å²) in [6.07, 6.45) is 0. The van der Waals surface area contributed by atoms with E-state index >= 15 is 0 Å². The zero-order chi connectivity index (χ0) is 9.26. The quantitative estimate of drug-likeness (QED) is 0.650. The van der Waals surface area contributed by atoms with Crippen LogP contribution in [0.1, 0.15) is 0 Å². The lowest BCUT2D eigenvalue weighted by molar-refractivity contribution is 0.170. The summed E-state index contributed by atoms with van der Waals surface area (Å²) in [5.41, 5.74) is 0.552. The second kappa shape index (κ2) is 3.27. The van der Waals surface area contributed by atoms with Crippen molar-refractivity contribution in [1.29, 1.82) is 0 Å². The van der Waals surface area contributed by atoms with Crippen molar-refractivity contribution < 1.29 is 9.47 Å². The minimum atomic E-state index is 0.543. The molecule has 1 heterocycles. The fraction of sp³-hybridized carbons (Fsp3) is 0.222. The van der Waals surface area contributed by atoms with Crippen molar-refractivity contribution in [2.45, 2.75) is 0 Å². The van der Waals surface area contributed by atoms with Crippen LogP contribution in [0.3, 0.4) is 0 Å². The Morgan fingerprint density at radius 1 is 1.31 bits per heavy atom. The van der Waals surface area contributed by atoms with E-state index in [9.17, 15) is 0 Å². The van der Waals surface area contributed by atoms with Crippen LogP contribution in [0.2, 0.25) is 0 Å². The first-order chi connectivity index (χ1) is 6.31. The van der Waals surface area contributed by atoms with Gasteiger partial charge in [0.15, 0.2) is 17.2 Å². The standard InChI is InChI=1S/C9H6BrNO2/c1-11-6-4-7(10)9-8(5-6)12-2-3-13-9/h4-5H,2-3H2. The number of nitrogens with zero attached hydrogens (tertiary/aromatic N) is 1. The topological polar surface area (TPSA) is 22.8 Å². The Kier molecular flexibility index (Phi) is 2.11. The SMILES string of the molecule is [C-]#[N+]c1cc(Br)c2c(c1)OCCO2. The Morgan fingerprint density at radius 3 is 2.85 bits per heavy atom. The number of benzene rings is 1. The number of hydrogen-bond donors (Lipinski definition) is 0. The van der Waals surface area contributed by atoms with Gasteiger partial charge < -0.3 is 9.47 Å². The average molecular weight is 240 g/mol. The molecule has 0 atom stereocenters. The van der Waals surface area contributed by atoms with Crippen molar-refractivity contribution in [3.05, 3.63) is 28.0 Å². The Bertz CT molecular complexity index is 384. The molecule has 0 unspecified atom stereocenters.